The minimum atomic E-state index is -1.31. The molecule has 2 aliphatic heterocycles. The lowest BCUT2D eigenvalue weighted by Crippen LogP contribution is -2.74. The predicted octanol–water partition coefficient (Wildman–Crippen LogP) is 0.962. The summed E-state index contributed by atoms with van der Waals surface area (Å²) in [5.41, 5.74) is 0.533. The SMILES string of the molecule is CC[C@H](OC(=O)/C=C/C(=O)OC1=CC[C@@]2(O)[C@H]3Cc4ccc(CO)c5c4C2(CCN3C)C1O5)C(=O)O. The molecule has 2 bridgehead atoms. The first-order chi connectivity index (χ1) is 17.2. The number of rotatable bonds is 7. The zero-order valence-corrected chi connectivity index (χ0v) is 20.1. The molecule has 0 aromatic heterocycles. The van der Waals surface area contributed by atoms with Gasteiger partial charge < -0.3 is 34.4 Å². The summed E-state index contributed by atoms with van der Waals surface area (Å²) in [6, 6.07) is 3.65. The Bertz CT molecular complexity index is 1190. The van der Waals surface area contributed by atoms with Crippen LogP contribution in [-0.2, 0) is 42.3 Å². The molecule has 36 heavy (non-hydrogen) atoms. The van der Waals surface area contributed by atoms with E-state index in [1.54, 1.807) is 13.0 Å². The maximum Gasteiger partial charge on any atom is 0.345 e. The quantitative estimate of drug-likeness (QED) is 0.367. The number of carboxylic acid groups (broad SMARTS) is 1. The van der Waals surface area contributed by atoms with E-state index in [1.807, 2.05) is 19.2 Å². The lowest BCUT2D eigenvalue weighted by Gasteiger charge is -2.61. The summed E-state index contributed by atoms with van der Waals surface area (Å²) >= 11 is 0. The van der Waals surface area contributed by atoms with Gasteiger partial charge in [0.1, 0.15) is 11.5 Å². The van der Waals surface area contributed by atoms with Crippen LogP contribution >= 0.6 is 0 Å². The third-order valence-corrected chi connectivity index (χ3v) is 8.10. The number of likely N-dealkylation sites (N-methyl/N-ethyl adjacent to an activating group) is 1. The van der Waals surface area contributed by atoms with Crippen LogP contribution in [0.25, 0.3) is 0 Å². The van der Waals surface area contributed by atoms with Gasteiger partial charge in [0.05, 0.1) is 17.6 Å². The van der Waals surface area contributed by atoms with Crippen LogP contribution in [0.4, 0.5) is 0 Å². The van der Waals surface area contributed by atoms with E-state index >= 15 is 0 Å². The number of aliphatic carboxylic acids is 1. The minimum Gasteiger partial charge on any atom is -0.481 e. The molecule has 1 saturated heterocycles. The molecule has 10 nitrogen and oxygen atoms in total. The van der Waals surface area contributed by atoms with Crippen LogP contribution in [0.2, 0.25) is 0 Å². The normalized spacial score (nSPS) is 30.7. The van der Waals surface area contributed by atoms with Crippen molar-refractivity contribution in [2.75, 3.05) is 13.6 Å². The summed E-state index contributed by atoms with van der Waals surface area (Å²) in [6.07, 6.45) is 2.82. The van der Waals surface area contributed by atoms with Crippen LogP contribution in [0, 0.1) is 0 Å². The minimum absolute atomic E-state index is 0.0881. The van der Waals surface area contributed by atoms with Gasteiger partial charge >= 0.3 is 17.9 Å². The summed E-state index contributed by atoms with van der Waals surface area (Å²) < 4.78 is 16.8. The van der Waals surface area contributed by atoms with E-state index in [0.717, 1.165) is 23.3 Å². The second-order valence-corrected chi connectivity index (χ2v) is 9.83. The number of likely N-dealkylation sites (tertiary alicyclic amines) is 1. The number of piperidine rings is 1. The van der Waals surface area contributed by atoms with Gasteiger partial charge in [0.15, 0.2) is 12.2 Å². The van der Waals surface area contributed by atoms with Crippen LogP contribution in [0.3, 0.4) is 0 Å². The Labute approximate surface area is 207 Å². The highest BCUT2D eigenvalue weighted by Gasteiger charge is 2.71. The first-order valence-corrected chi connectivity index (χ1v) is 12.0. The van der Waals surface area contributed by atoms with Gasteiger partial charge in [-0.05, 0) is 44.5 Å². The fourth-order valence-corrected chi connectivity index (χ4v) is 6.41. The number of aliphatic hydroxyl groups is 2. The Hall–Kier alpha value is -3.21. The predicted molar refractivity (Wildman–Crippen MR) is 124 cm³/mol. The maximum absolute atomic E-state index is 12.6. The van der Waals surface area contributed by atoms with Crippen molar-refractivity contribution >= 4 is 17.9 Å². The van der Waals surface area contributed by atoms with Crippen molar-refractivity contribution < 1.29 is 43.9 Å². The average Bonchev–Trinajstić information content (AvgIpc) is 3.20. The molecule has 1 aromatic rings. The molecule has 1 aromatic carbocycles. The number of carbonyl (C=O) groups is 3. The molecule has 5 atom stereocenters. The van der Waals surface area contributed by atoms with Crippen LogP contribution in [0.15, 0.2) is 36.1 Å². The van der Waals surface area contributed by atoms with E-state index in [1.165, 1.54) is 0 Å². The maximum atomic E-state index is 12.6. The number of carboxylic acids is 1. The van der Waals surface area contributed by atoms with Gasteiger partial charge in [0.25, 0.3) is 0 Å². The second kappa shape index (κ2) is 8.72. The molecular weight excluding hydrogens is 470 g/mol. The number of carbonyl (C=O) groups excluding carboxylic acids is 2. The third-order valence-electron chi connectivity index (χ3n) is 8.10. The van der Waals surface area contributed by atoms with Gasteiger partial charge in [0.2, 0.25) is 0 Å². The van der Waals surface area contributed by atoms with Gasteiger partial charge in [-0.2, -0.15) is 0 Å². The molecule has 2 aliphatic carbocycles. The fraction of sp³-hybridized carbons (Fsp3) is 0.500. The Balaban J connectivity index is 1.44. The van der Waals surface area contributed by atoms with E-state index in [4.69, 9.17) is 19.3 Å². The van der Waals surface area contributed by atoms with Crippen molar-refractivity contribution in [3.05, 3.63) is 52.8 Å². The average molecular weight is 500 g/mol. The molecule has 0 radical (unpaired) electrons. The molecule has 4 aliphatic rings. The van der Waals surface area contributed by atoms with Crippen LogP contribution in [-0.4, -0.2) is 75.6 Å². The molecule has 2 heterocycles. The molecule has 192 valence electrons. The molecule has 3 N–H and O–H groups in total. The lowest BCUT2D eigenvalue weighted by atomic mass is 9.50. The first kappa shape index (κ1) is 24.5. The Morgan fingerprint density at radius 2 is 2.03 bits per heavy atom. The Morgan fingerprint density at radius 1 is 1.28 bits per heavy atom. The Morgan fingerprint density at radius 3 is 2.72 bits per heavy atom. The number of nitrogens with zero attached hydrogens (tertiary/aromatic N) is 1. The van der Waals surface area contributed by atoms with Crippen LogP contribution in [0.1, 0.15) is 42.9 Å². The van der Waals surface area contributed by atoms with Gasteiger partial charge in [-0.1, -0.05) is 19.1 Å². The second-order valence-electron chi connectivity index (χ2n) is 9.83. The standard InChI is InChI=1S/C26H29NO9/c1-3-16(24(31)32)34-19(29)6-7-20(30)35-17-8-9-26(33)18-12-14-4-5-15(13-28)22-21(14)25(26,23(17)36-22)10-11-27(18)2/h4-8,16,18,23,28,33H,3,9-13H2,1-2H3,(H,31,32)/b7-6+/t16-,18+,23?,25?,26+/m0/s1. The zero-order chi connectivity index (χ0) is 25.8. The molecule has 2 unspecified atom stereocenters. The largest absolute Gasteiger partial charge is 0.481 e. The van der Waals surface area contributed by atoms with Gasteiger partial charge in [0, 0.05) is 35.7 Å². The number of hydrogen-bond acceptors (Lipinski definition) is 9. The number of benzene rings is 1. The van der Waals surface area contributed by atoms with Crippen LogP contribution < -0.4 is 4.74 Å². The van der Waals surface area contributed by atoms with Crippen molar-refractivity contribution in [1.29, 1.82) is 0 Å². The van der Waals surface area contributed by atoms with Crippen molar-refractivity contribution in [2.45, 2.75) is 68.5 Å². The van der Waals surface area contributed by atoms with Crippen molar-refractivity contribution in [3.8, 4) is 5.75 Å². The highest BCUT2D eigenvalue weighted by atomic mass is 16.6. The number of aliphatic hydroxyl groups excluding tert-OH is 1. The summed E-state index contributed by atoms with van der Waals surface area (Å²) in [7, 11) is 1.99. The van der Waals surface area contributed by atoms with E-state index in [9.17, 15) is 24.6 Å². The highest BCUT2D eigenvalue weighted by Crippen LogP contribution is 2.64. The molecular formula is C26H29NO9. The molecule has 10 heteroatoms. The smallest absolute Gasteiger partial charge is 0.345 e. The monoisotopic (exact) mass is 499 g/mol. The van der Waals surface area contributed by atoms with Crippen molar-refractivity contribution in [2.24, 2.45) is 0 Å². The fourth-order valence-electron chi connectivity index (χ4n) is 6.41. The summed E-state index contributed by atoms with van der Waals surface area (Å²) in [5, 5.41) is 31.1. The number of esters is 2. The van der Waals surface area contributed by atoms with Gasteiger partial charge in [-0.25, -0.2) is 14.4 Å². The Kier molecular flexibility index (Phi) is 5.93. The summed E-state index contributed by atoms with van der Waals surface area (Å²) in [4.78, 5) is 37.8. The summed E-state index contributed by atoms with van der Waals surface area (Å²) in [5.74, 6) is -2.34. The van der Waals surface area contributed by atoms with E-state index < -0.39 is 41.1 Å². The number of ether oxygens (including phenoxy) is 3. The zero-order valence-electron chi connectivity index (χ0n) is 20.1. The van der Waals surface area contributed by atoms with Gasteiger partial charge in [-0.15, -0.1) is 0 Å². The summed E-state index contributed by atoms with van der Waals surface area (Å²) in [6.45, 7) is 2.04. The molecule has 5 rings (SSSR count). The van der Waals surface area contributed by atoms with Crippen molar-refractivity contribution in [3.63, 3.8) is 0 Å². The lowest BCUT2D eigenvalue weighted by molar-refractivity contribution is -0.168. The van der Waals surface area contributed by atoms with E-state index in [-0.39, 0.29) is 31.2 Å². The first-order valence-electron chi connectivity index (χ1n) is 12.0. The third kappa shape index (κ3) is 3.39. The molecule has 1 spiro atoms. The molecule has 0 amide bonds. The molecule has 1 fully saturated rings. The van der Waals surface area contributed by atoms with Gasteiger partial charge in [-0.3, -0.25) is 0 Å². The number of hydrogen-bond donors (Lipinski definition) is 3. The van der Waals surface area contributed by atoms with E-state index in [0.29, 0.717) is 30.7 Å². The topological polar surface area (TPSA) is 143 Å². The molecule has 0 saturated carbocycles. The van der Waals surface area contributed by atoms with Crippen molar-refractivity contribution in [1.82, 2.24) is 4.90 Å². The highest BCUT2D eigenvalue weighted by molar-refractivity contribution is 5.93. The van der Waals surface area contributed by atoms with E-state index in [2.05, 4.69) is 4.90 Å². The van der Waals surface area contributed by atoms with Crippen LogP contribution in [0.5, 0.6) is 5.75 Å².